The van der Waals surface area contributed by atoms with Gasteiger partial charge in [0.25, 0.3) is 0 Å². The lowest BCUT2D eigenvalue weighted by Crippen LogP contribution is -2.38. The summed E-state index contributed by atoms with van der Waals surface area (Å²) in [5.41, 5.74) is 5.53. The Bertz CT molecular complexity index is 1660. The van der Waals surface area contributed by atoms with E-state index in [9.17, 15) is 9.59 Å². The van der Waals surface area contributed by atoms with Crippen LogP contribution in [-0.2, 0) is 11.3 Å². The molecule has 0 radical (unpaired) electrons. The van der Waals surface area contributed by atoms with Gasteiger partial charge in [-0.3, -0.25) is 0 Å². The van der Waals surface area contributed by atoms with Crippen molar-refractivity contribution in [3.63, 3.8) is 0 Å². The second kappa shape index (κ2) is 9.98. The fourth-order valence-electron chi connectivity index (χ4n) is 5.17. The molecule has 0 bridgehead atoms. The number of nitrogens with zero attached hydrogens (tertiary/aromatic N) is 4. The van der Waals surface area contributed by atoms with Gasteiger partial charge in [-0.1, -0.05) is 54.6 Å². The van der Waals surface area contributed by atoms with Gasteiger partial charge in [-0.05, 0) is 55.0 Å². The molecule has 2 amide bonds. The highest BCUT2D eigenvalue weighted by atomic mass is 16.5. The van der Waals surface area contributed by atoms with E-state index in [1.54, 1.807) is 24.3 Å². The van der Waals surface area contributed by atoms with E-state index in [1.165, 1.54) is 7.11 Å². The van der Waals surface area contributed by atoms with Crippen LogP contribution in [0.25, 0.3) is 11.5 Å². The first-order valence-electron chi connectivity index (χ1n) is 12.7. The Kier molecular flexibility index (Phi) is 6.20. The number of methoxy groups -OCH3 is 1. The minimum absolute atomic E-state index is 0.293. The molecule has 0 spiro atoms. The molecule has 8 heteroatoms. The molecule has 39 heavy (non-hydrogen) atoms. The molecule has 1 atom stereocenters. The fraction of sp³-hybridized carbons (Fsp3) is 0.129. The quantitative estimate of drug-likeness (QED) is 0.301. The molecular formula is C31H27N5O3. The van der Waals surface area contributed by atoms with E-state index in [0.717, 1.165) is 34.0 Å². The molecule has 0 saturated carbocycles. The Hall–Kier alpha value is -5.11. The zero-order valence-corrected chi connectivity index (χ0v) is 21.6. The molecule has 0 aliphatic carbocycles. The number of para-hydroxylation sites is 1. The average Bonchev–Trinajstić information content (AvgIpc) is 3.54. The second-order valence-electron chi connectivity index (χ2n) is 9.38. The number of urea groups is 1. The van der Waals surface area contributed by atoms with Crippen molar-refractivity contribution in [2.24, 2.45) is 0 Å². The number of fused-ring (bicyclic) bond motifs is 3. The van der Waals surface area contributed by atoms with Gasteiger partial charge in [0.05, 0.1) is 42.3 Å². The van der Waals surface area contributed by atoms with Crippen LogP contribution in [0.2, 0.25) is 0 Å². The van der Waals surface area contributed by atoms with E-state index in [1.807, 2.05) is 95.5 Å². The molecule has 1 aliphatic heterocycles. The summed E-state index contributed by atoms with van der Waals surface area (Å²) in [5.74, 6) is 0.442. The van der Waals surface area contributed by atoms with Gasteiger partial charge in [-0.25, -0.2) is 14.3 Å². The van der Waals surface area contributed by atoms with E-state index >= 15 is 0 Å². The van der Waals surface area contributed by atoms with Crippen molar-refractivity contribution in [3.05, 3.63) is 131 Å². The summed E-state index contributed by atoms with van der Waals surface area (Å²) in [6, 6.07) is 30.1. The van der Waals surface area contributed by atoms with Gasteiger partial charge in [-0.15, -0.1) is 0 Å². The SMILES string of the molecule is COC(=O)c1cccc(NC(=O)N2Cc3c(C)nn(-c4ccccc4)c3-n3cccc3C2c2ccccc2)c1. The van der Waals surface area contributed by atoms with Gasteiger partial charge in [0.2, 0.25) is 0 Å². The highest BCUT2D eigenvalue weighted by Crippen LogP contribution is 2.38. The van der Waals surface area contributed by atoms with Crippen molar-refractivity contribution in [2.75, 3.05) is 12.4 Å². The van der Waals surface area contributed by atoms with Crippen LogP contribution in [0.5, 0.6) is 0 Å². The first-order chi connectivity index (χ1) is 19.0. The number of anilines is 1. The van der Waals surface area contributed by atoms with E-state index in [4.69, 9.17) is 9.84 Å². The number of amides is 2. The molecule has 8 nitrogen and oxygen atoms in total. The lowest BCUT2D eigenvalue weighted by molar-refractivity contribution is 0.0600. The molecule has 0 fully saturated rings. The van der Waals surface area contributed by atoms with E-state index in [-0.39, 0.29) is 12.1 Å². The molecule has 2 aromatic heterocycles. The lowest BCUT2D eigenvalue weighted by Gasteiger charge is -2.31. The number of benzene rings is 3. The largest absolute Gasteiger partial charge is 0.465 e. The van der Waals surface area contributed by atoms with Crippen LogP contribution in [-0.4, -0.2) is 38.4 Å². The maximum atomic E-state index is 14.0. The number of rotatable bonds is 4. The number of carbonyl (C=O) groups is 2. The Morgan fingerprint density at radius 1 is 0.923 bits per heavy atom. The molecule has 6 rings (SSSR count). The first-order valence-corrected chi connectivity index (χ1v) is 12.7. The van der Waals surface area contributed by atoms with Crippen molar-refractivity contribution in [3.8, 4) is 11.5 Å². The minimum atomic E-state index is -0.463. The molecule has 3 aromatic carbocycles. The highest BCUT2D eigenvalue weighted by Gasteiger charge is 2.36. The van der Waals surface area contributed by atoms with Gasteiger partial charge >= 0.3 is 12.0 Å². The van der Waals surface area contributed by atoms with Crippen LogP contribution in [0.15, 0.2) is 103 Å². The van der Waals surface area contributed by atoms with Gasteiger partial charge < -0.3 is 19.5 Å². The second-order valence-corrected chi connectivity index (χ2v) is 9.38. The Labute approximate surface area is 226 Å². The third-order valence-corrected chi connectivity index (χ3v) is 7.00. The predicted molar refractivity (Wildman–Crippen MR) is 148 cm³/mol. The average molecular weight is 518 g/mol. The van der Waals surface area contributed by atoms with Crippen molar-refractivity contribution in [2.45, 2.75) is 19.5 Å². The molecule has 0 saturated heterocycles. The summed E-state index contributed by atoms with van der Waals surface area (Å²) in [6.45, 7) is 2.30. The van der Waals surface area contributed by atoms with Crippen LogP contribution in [0, 0.1) is 6.92 Å². The topological polar surface area (TPSA) is 81.4 Å². The molecule has 5 aromatic rings. The Morgan fingerprint density at radius 2 is 1.67 bits per heavy atom. The van der Waals surface area contributed by atoms with E-state index in [2.05, 4.69) is 9.88 Å². The third-order valence-electron chi connectivity index (χ3n) is 7.00. The smallest absolute Gasteiger partial charge is 0.337 e. The minimum Gasteiger partial charge on any atom is -0.465 e. The number of carbonyl (C=O) groups excluding carboxylic acids is 2. The Balaban J connectivity index is 1.49. The molecule has 3 heterocycles. The van der Waals surface area contributed by atoms with Crippen LogP contribution in [0.1, 0.15) is 38.9 Å². The number of aryl methyl sites for hydroxylation is 1. The summed E-state index contributed by atoms with van der Waals surface area (Å²) in [4.78, 5) is 27.9. The summed E-state index contributed by atoms with van der Waals surface area (Å²) in [7, 11) is 1.33. The zero-order chi connectivity index (χ0) is 26.9. The third kappa shape index (κ3) is 4.35. The number of esters is 1. The van der Waals surface area contributed by atoms with Gasteiger partial charge in [-0.2, -0.15) is 5.10 Å². The Morgan fingerprint density at radius 3 is 2.41 bits per heavy atom. The standard InChI is InChI=1S/C31H27N5O3/c1-21-26-20-35(31(38)32-24-14-9-13-23(19-24)30(37)39-2)28(22-11-5-3-6-12-22)27-17-10-18-34(27)29(26)36(33-21)25-15-7-4-8-16-25/h3-19,28H,20H2,1-2H3,(H,32,38). The maximum absolute atomic E-state index is 14.0. The summed E-state index contributed by atoms with van der Waals surface area (Å²) < 4.78 is 8.92. The van der Waals surface area contributed by atoms with E-state index in [0.29, 0.717) is 17.8 Å². The van der Waals surface area contributed by atoms with Crippen molar-refractivity contribution in [1.29, 1.82) is 0 Å². The number of aromatic nitrogens is 3. The highest BCUT2D eigenvalue weighted by molar-refractivity contribution is 5.94. The summed E-state index contributed by atoms with van der Waals surface area (Å²) in [6.07, 6.45) is 2.02. The lowest BCUT2D eigenvalue weighted by atomic mass is 10.0. The molecular weight excluding hydrogens is 490 g/mol. The van der Waals surface area contributed by atoms with Crippen molar-refractivity contribution in [1.82, 2.24) is 19.2 Å². The van der Waals surface area contributed by atoms with Crippen LogP contribution in [0.4, 0.5) is 10.5 Å². The predicted octanol–water partition coefficient (Wildman–Crippen LogP) is 5.90. The number of ether oxygens (including phenoxy) is 1. The van der Waals surface area contributed by atoms with Gasteiger partial charge in [0.15, 0.2) is 0 Å². The van der Waals surface area contributed by atoms with Crippen molar-refractivity contribution < 1.29 is 14.3 Å². The van der Waals surface area contributed by atoms with Gasteiger partial charge in [0.1, 0.15) is 5.82 Å². The molecule has 194 valence electrons. The molecule has 1 unspecified atom stereocenters. The first kappa shape index (κ1) is 24.2. The number of hydrogen-bond acceptors (Lipinski definition) is 4. The maximum Gasteiger partial charge on any atom is 0.337 e. The molecule has 1 aliphatic rings. The normalized spacial score (nSPS) is 14.2. The monoisotopic (exact) mass is 517 g/mol. The summed E-state index contributed by atoms with van der Waals surface area (Å²) in [5, 5.41) is 7.90. The number of nitrogens with one attached hydrogen (secondary N) is 1. The van der Waals surface area contributed by atoms with Crippen molar-refractivity contribution >= 4 is 17.7 Å². The van der Waals surface area contributed by atoms with Gasteiger partial charge in [0, 0.05) is 17.4 Å². The van der Waals surface area contributed by atoms with E-state index < -0.39 is 5.97 Å². The van der Waals surface area contributed by atoms with Crippen LogP contribution in [0.3, 0.4) is 0 Å². The fourth-order valence-corrected chi connectivity index (χ4v) is 5.17. The summed E-state index contributed by atoms with van der Waals surface area (Å²) >= 11 is 0. The molecule has 1 N–H and O–H groups in total. The van der Waals surface area contributed by atoms with Crippen LogP contribution >= 0.6 is 0 Å². The zero-order valence-electron chi connectivity index (χ0n) is 21.6. The number of hydrogen-bond donors (Lipinski definition) is 1. The van der Waals surface area contributed by atoms with Crippen LogP contribution < -0.4 is 5.32 Å².